The van der Waals surface area contributed by atoms with E-state index in [9.17, 15) is 4.79 Å². The van der Waals surface area contributed by atoms with Crippen molar-refractivity contribution in [3.8, 4) is 0 Å². The zero-order valence-electron chi connectivity index (χ0n) is 7.96. The summed E-state index contributed by atoms with van der Waals surface area (Å²) < 4.78 is 4.79. The van der Waals surface area contributed by atoms with Crippen LogP contribution in [0.3, 0.4) is 0 Å². The van der Waals surface area contributed by atoms with Gasteiger partial charge in [-0.25, -0.2) is 0 Å². The minimum Gasteiger partial charge on any atom is -0.466 e. The fraction of sp³-hybridized carbons (Fsp3) is 0.500. The number of allylic oxidation sites excluding steroid dienone is 3. The fourth-order valence-corrected chi connectivity index (χ4v) is 0.759. The summed E-state index contributed by atoms with van der Waals surface area (Å²) in [6.07, 6.45) is 6.14. The molecule has 0 N–H and O–H groups in total. The van der Waals surface area contributed by atoms with E-state index in [0.29, 0.717) is 13.0 Å². The van der Waals surface area contributed by atoms with Crippen LogP contribution < -0.4 is 0 Å². The second-order valence-electron chi connectivity index (χ2n) is 2.52. The Morgan fingerprint density at radius 2 is 2.17 bits per heavy atom. The molecule has 0 atom stereocenters. The molecule has 0 aromatic heterocycles. The summed E-state index contributed by atoms with van der Waals surface area (Å²) in [4.78, 5) is 10.9. The highest BCUT2D eigenvalue weighted by Gasteiger charge is 2.00. The molecule has 2 heteroatoms. The van der Waals surface area contributed by atoms with E-state index in [1.54, 1.807) is 0 Å². The minimum absolute atomic E-state index is 0.157. The van der Waals surface area contributed by atoms with Crippen molar-refractivity contribution in [2.45, 2.75) is 27.2 Å². The van der Waals surface area contributed by atoms with Gasteiger partial charge in [-0.1, -0.05) is 23.8 Å². The predicted octanol–water partition coefficient (Wildman–Crippen LogP) is 2.46. The van der Waals surface area contributed by atoms with Gasteiger partial charge in [-0.15, -0.1) is 0 Å². The van der Waals surface area contributed by atoms with Crippen molar-refractivity contribution in [1.82, 2.24) is 0 Å². The first kappa shape index (κ1) is 11.0. The monoisotopic (exact) mass is 168 g/mol. The van der Waals surface area contributed by atoms with Crippen molar-refractivity contribution >= 4 is 5.97 Å². The summed E-state index contributed by atoms with van der Waals surface area (Å²) in [5.74, 6) is -0.157. The van der Waals surface area contributed by atoms with Gasteiger partial charge in [0.05, 0.1) is 13.0 Å². The summed E-state index contributed by atoms with van der Waals surface area (Å²) in [6, 6.07) is 0. The van der Waals surface area contributed by atoms with Gasteiger partial charge in [-0.3, -0.25) is 4.79 Å². The summed E-state index contributed by atoms with van der Waals surface area (Å²) in [5.41, 5.74) is 1.02. The lowest BCUT2D eigenvalue weighted by atomic mass is 10.2. The molecule has 0 rings (SSSR count). The Balaban J connectivity index is 3.82. The maximum absolute atomic E-state index is 10.9. The lowest BCUT2D eigenvalue weighted by Crippen LogP contribution is -2.03. The molecule has 0 unspecified atom stereocenters. The van der Waals surface area contributed by atoms with Gasteiger partial charge < -0.3 is 4.74 Å². The second-order valence-corrected chi connectivity index (χ2v) is 2.52. The van der Waals surface area contributed by atoms with Crippen LogP contribution in [0, 0.1) is 0 Å². The molecule has 0 fully saturated rings. The molecule has 2 nitrogen and oxygen atoms in total. The van der Waals surface area contributed by atoms with Crippen molar-refractivity contribution in [2.75, 3.05) is 6.61 Å². The SMILES string of the molecule is CC=CC=C(C)CC(=O)OCC. The Morgan fingerprint density at radius 1 is 1.50 bits per heavy atom. The van der Waals surface area contributed by atoms with Crippen molar-refractivity contribution in [1.29, 1.82) is 0 Å². The number of hydrogen-bond acceptors (Lipinski definition) is 2. The van der Waals surface area contributed by atoms with Gasteiger partial charge in [-0.05, 0) is 20.8 Å². The highest BCUT2D eigenvalue weighted by Crippen LogP contribution is 2.01. The molecule has 0 amide bonds. The maximum Gasteiger partial charge on any atom is 0.309 e. The summed E-state index contributed by atoms with van der Waals surface area (Å²) in [7, 11) is 0. The Kier molecular flexibility index (Phi) is 6.07. The number of hydrogen-bond donors (Lipinski definition) is 0. The van der Waals surface area contributed by atoms with Crippen molar-refractivity contribution < 1.29 is 9.53 Å². The third-order valence-electron chi connectivity index (χ3n) is 1.30. The van der Waals surface area contributed by atoms with E-state index < -0.39 is 0 Å². The van der Waals surface area contributed by atoms with Gasteiger partial charge in [0, 0.05) is 0 Å². The Hall–Kier alpha value is -1.05. The van der Waals surface area contributed by atoms with Crippen LogP contribution in [-0.2, 0) is 9.53 Å². The second kappa shape index (κ2) is 6.65. The first-order valence-electron chi connectivity index (χ1n) is 4.14. The van der Waals surface area contributed by atoms with Crippen LogP contribution in [0.1, 0.15) is 27.2 Å². The van der Waals surface area contributed by atoms with E-state index in [4.69, 9.17) is 4.74 Å². The third-order valence-corrected chi connectivity index (χ3v) is 1.30. The largest absolute Gasteiger partial charge is 0.466 e. The van der Waals surface area contributed by atoms with Gasteiger partial charge in [0.25, 0.3) is 0 Å². The van der Waals surface area contributed by atoms with E-state index >= 15 is 0 Å². The van der Waals surface area contributed by atoms with E-state index in [1.165, 1.54) is 0 Å². The van der Waals surface area contributed by atoms with E-state index in [-0.39, 0.29) is 5.97 Å². The van der Waals surface area contributed by atoms with Crippen LogP contribution in [0.25, 0.3) is 0 Å². The van der Waals surface area contributed by atoms with Gasteiger partial charge >= 0.3 is 5.97 Å². The maximum atomic E-state index is 10.9. The Labute approximate surface area is 73.9 Å². The molecule has 0 bridgehead atoms. The molecular formula is C10H16O2. The Morgan fingerprint density at radius 3 is 2.67 bits per heavy atom. The van der Waals surface area contributed by atoms with Crippen LogP contribution in [0.5, 0.6) is 0 Å². The Bertz CT molecular complexity index is 190. The van der Waals surface area contributed by atoms with Crippen molar-refractivity contribution in [3.63, 3.8) is 0 Å². The number of rotatable bonds is 4. The van der Waals surface area contributed by atoms with Crippen LogP contribution >= 0.6 is 0 Å². The lowest BCUT2D eigenvalue weighted by Gasteiger charge is -2.00. The van der Waals surface area contributed by atoms with Crippen molar-refractivity contribution in [3.05, 3.63) is 23.8 Å². The molecule has 0 aromatic carbocycles. The molecule has 0 saturated heterocycles. The van der Waals surface area contributed by atoms with Crippen molar-refractivity contribution in [2.24, 2.45) is 0 Å². The number of carbonyl (C=O) groups excluding carboxylic acids is 1. The molecule has 0 aliphatic heterocycles. The van der Waals surface area contributed by atoms with Gasteiger partial charge in [0.15, 0.2) is 0 Å². The first-order chi connectivity index (χ1) is 5.70. The average molecular weight is 168 g/mol. The quantitative estimate of drug-likeness (QED) is 0.476. The molecule has 0 radical (unpaired) electrons. The normalized spacial score (nSPS) is 12.1. The lowest BCUT2D eigenvalue weighted by molar-refractivity contribution is -0.142. The van der Waals surface area contributed by atoms with Gasteiger partial charge in [0.1, 0.15) is 0 Å². The highest BCUT2D eigenvalue weighted by molar-refractivity contribution is 5.72. The molecule has 68 valence electrons. The summed E-state index contributed by atoms with van der Waals surface area (Å²) in [6.45, 7) is 6.11. The van der Waals surface area contributed by atoms with E-state index in [1.807, 2.05) is 39.0 Å². The van der Waals surface area contributed by atoms with E-state index in [0.717, 1.165) is 5.57 Å². The van der Waals surface area contributed by atoms with Gasteiger partial charge in [-0.2, -0.15) is 0 Å². The molecule has 0 aliphatic rings. The zero-order chi connectivity index (χ0) is 9.40. The third kappa shape index (κ3) is 5.71. The topological polar surface area (TPSA) is 26.3 Å². The smallest absolute Gasteiger partial charge is 0.309 e. The van der Waals surface area contributed by atoms with E-state index in [2.05, 4.69) is 0 Å². The predicted molar refractivity (Wildman–Crippen MR) is 49.8 cm³/mol. The molecule has 12 heavy (non-hydrogen) atoms. The first-order valence-corrected chi connectivity index (χ1v) is 4.14. The van der Waals surface area contributed by atoms with Crippen LogP contribution in [0.4, 0.5) is 0 Å². The molecule has 0 saturated carbocycles. The number of carbonyl (C=O) groups is 1. The molecule has 0 spiro atoms. The molecule has 0 heterocycles. The summed E-state index contributed by atoms with van der Waals surface area (Å²) in [5, 5.41) is 0. The van der Waals surface area contributed by atoms with Crippen LogP contribution in [-0.4, -0.2) is 12.6 Å². The average Bonchev–Trinajstić information content (AvgIpc) is 2.01. The fourth-order valence-electron chi connectivity index (χ4n) is 0.759. The minimum atomic E-state index is -0.157. The molecule has 0 aliphatic carbocycles. The zero-order valence-corrected chi connectivity index (χ0v) is 7.96. The standard InChI is InChI=1S/C10H16O2/c1-4-6-7-9(3)8-10(11)12-5-2/h4,6-7H,5,8H2,1-3H3. The van der Waals surface area contributed by atoms with Crippen LogP contribution in [0.2, 0.25) is 0 Å². The van der Waals surface area contributed by atoms with Gasteiger partial charge in [0.2, 0.25) is 0 Å². The highest BCUT2D eigenvalue weighted by atomic mass is 16.5. The summed E-state index contributed by atoms with van der Waals surface area (Å²) >= 11 is 0. The molecule has 0 aromatic rings. The number of esters is 1. The number of ether oxygens (including phenoxy) is 1. The molecular weight excluding hydrogens is 152 g/mol. The van der Waals surface area contributed by atoms with Crippen LogP contribution in [0.15, 0.2) is 23.8 Å².